The fourth-order valence-electron chi connectivity index (χ4n) is 2.40. The number of hydrogen-bond acceptors (Lipinski definition) is 5. The lowest BCUT2D eigenvalue weighted by Crippen LogP contribution is -2.18. The minimum absolute atomic E-state index is 0.124. The zero-order valence-electron chi connectivity index (χ0n) is 12.9. The largest absolute Gasteiger partial charge is 0.459 e. The number of carbonyl (C=O) groups excluding carboxylic acids is 3. The average molecular weight is 304 g/mol. The number of cyclic esters (lactones) is 2. The van der Waals surface area contributed by atoms with Gasteiger partial charge in [-0.25, -0.2) is 14.4 Å². The van der Waals surface area contributed by atoms with Crippen molar-refractivity contribution in [1.82, 2.24) is 0 Å². The Kier molecular flexibility index (Phi) is 5.31. The van der Waals surface area contributed by atoms with Crippen molar-refractivity contribution in [1.29, 1.82) is 0 Å². The molecule has 118 valence electrons. The number of esters is 3. The summed E-state index contributed by atoms with van der Waals surface area (Å²) in [6.07, 6.45) is 4.71. The number of benzene rings is 1. The average Bonchev–Trinajstić information content (AvgIpc) is 2.80. The Morgan fingerprint density at radius 3 is 2.55 bits per heavy atom. The topological polar surface area (TPSA) is 69.7 Å². The molecular weight excluding hydrogens is 284 g/mol. The molecule has 2 rings (SSSR count). The molecule has 0 spiro atoms. The summed E-state index contributed by atoms with van der Waals surface area (Å²) in [5.41, 5.74) is 0.578. The predicted octanol–water partition coefficient (Wildman–Crippen LogP) is 3.51. The number of ether oxygens (including phenoxy) is 2. The molecule has 0 fully saturated rings. The highest BCUT2D eigenvalue weighted by Crippen LogP contribution is 2.22. The lowest BCUT2D eigenvalue weighted by atomic mass is 10.1. The van der Waals surface area contributed by atoms with Crippen molar-refractivity contribution in [3.63, 3.8) is 0 Å². The SMILES string of the molecule is CCCCCC(CC)OC(=O)c1ccc2c(c1)C(=O)OC2=O. The van der Waals surface area contributed by atoms with Crippen LogP contribution < -0.4 is 0 Å². The smallest absolute Gasteiger partial charge is 0.346 e. The third kappa shape index (κ3) is 3.53. The zero-order chi connectivity index (χ0) is 16.1. The van der Waals surface area contributed by atoms with Crippen LogP contribution >= 0.6 is 0 Å². The molecule has 0 saturated heterocycles. The Morgan fingerprint density at radius 2 is 1.86 bits per heavy atom. The van der Waals surface area contributed by atoms with Crippen molar-refractivity contribution in [2.24, 2.45) is 0 Å². The zero-order valence-corrected chi connectivity index (χ0v) is 12.9. The highest BCUT2D eigenvalue weighted by atomic mass is 16.6. The fraction of sp³-hybridized carbons (Fsp3) is 0.471. The Labute approximate surface area is 129 Å². The maximum atomic E-state index is 12.2. The van der Waals surface area contributed by atoms with Crippen molar-refractivity contribution >= 4 is 17.9 Å². The van der Waals surface area contributed by atoms with Crippen LogP contribution in [0.15, 0.2) is 18.2 Å². The summed E-state index contributed by atoms with van der Waals surface area (Å²) < 4.78 is 9.98. The van der Waals surface area contributed by atoms with E-state index >= 15 is 0 Å². The number of fused-ring (bicyclic) bond motifs is 1. The molecule has 1 heterocycles. The molecule has 0 bridgehead atoms. The van der Waals surface area contributed by atoms with Gasteiger partial charge in [-0.1, -0.05) is 26.7 Å². The maximum absolute atomic E-state index is 12.2. The first kappa shape index (κ1) is 16.2. The molecule has 0 saturated carbocycles. The maximum Gasteiger partial charge on any atom is 0.346 e. The molecular formula is C17H20O5. The van der Waals surface area contributed by atoms with Crippen LogP contribution in [0.4, 0.5) is 0 Å². The van der Waals surface area contributed by atoms with Gasteiger partial charge in [0.2, 0.25) is 0 Å². The third-order valence-electron chi connectivity index (χ3n) is 3.74. The lowest BCUT2D eigenvalue weighted by Gasteiger charge is -2.16. The Bertz CT molecular complexity index is 591. The summed E-state index contributed by atoms with van der Waals surface area (Å²) in [6, 6.07) is 4.28. The number of rotatable bonds is 7. The van der Waals surface area contributed by atoms with E-state index in [-0.39, 0.29) is 22.8 Å². The molecule has 5 heteroatoms. The molecule has 0 amide bonds. The molecule has 1 aliphatic rings. The molecule has 0 aromatic heterocycles. The highest BCUT2D eigenvalue weighted by molar-refractivity contribution is 6.15. The van der Waals surface area contributed by atoms with E-state index in [4.69, 9.17) is 4.74 Å². The summed E-state index contributed by atoms with van der Waals surface area (Å²) in [5.74, 6) is -1.87. The predicted molar refractivity (Wildman–Crippen MR) is 79.8 cm³/mol. The molecule has 1 aromatic rings. The van der Waals surface area contributed by atoms with Gasteiger partial charge >= 0.3 is 17.9 Å². The quantitative estimate of drug-likeness (QED) is 0.438. The molecule has 1 unspecified atom stereocenters. The molecule has 1 aliphatic heterocycles. The second-order valence-corrected chi connectivity index (χ2v) is 5.37. The van der Waals surface area contributed by atoms with E-state index in [1.807, 2.05) is 6.92 Å². The fourth-order valence-corrected chi connectivity index (χ4v) is 2.40. The van der Waals surface area contributed by atoms with Crippen LogP contribution in [-0.4, -0.2) is 24.0 Å². The van der Waals surface area contributed by atoms with Crippen molar-refractivity contribution in [3.05, 3.63) is 34.9 Å². The monoisotopic (exact) mass is 304 g/mol. The summed E-state index contributed by atoms with van der Waals surface area (Å²) in [4.78, 5) is 35.1. The van der Waals surface area contributed by atoms with E-state index in [1.165, 1.54) is 18.2 Å². The van der Waals surface area contributed by atoms with Gasteiger partial charge < -0.3 is 9.47 Å². The first-order valence-corrected chi connectivity index (χ1v) is 7.68. The van der Waals surface area contributed by atoms with E-state index in [9.17, 15) is 14.4 Å². The minimum Gasteiger partial charge on any atom is -0.459 e. The summed E-state index contributed by atoms with van der Waals surface area (Å²) in [6.45, 7) is 4.10. The second kappa shape index (κ2) is 7.20. The molecule has 0 N–H and O–H groups in total. The van der Waals surface area contributed by atoms with Crippen molar-refractivity contribution in [3.8, 4) is 0 Å². The van der Waals surface area contributed by atoms with Crippen LogP contribution in [-0.2, 0) is 9.47 Å². The van der Waals surface area contributed by atoms with E-state index in [1.54, 1.807) is 0 Å². The minimum atomic E-state index is -0.718. The van der Waals surface area contributed by atoms with Crippen LogP contribution in [0, 0.1) is 0 Å². The van der Waals surface area contributed by atoms with E-state index in [2.05, 4.69) is 11.7 Å². The molecule has 5 nitrogen and oxygen atoms in total. The standard InChI is InChI=1S/C17H20O5/c1-3-5-6-7-12(4-2)21-15(18)11-8-9-13-14(10-11)17(20)22-16(13)19/h8-10,12H,3-7H2,1-2H3. The van der Waals surface area contributed by atoms with Crippen molar-refractivity contribution in [2.45, 2.75) is 52.1 Å². The molecule has 0 radical (unpaired) electrons. The van der Waals surface area contributed by atoms with E-state index in [0.29, 0.717) is 0 Å². The van der Waals surface area contributed by atoms with Gasteiger partial charge in [0.15, 0.2) is 0 Å². The van der Waals surface area contributed by atoms with E-state index in [0.717, 1.165) is 32.1 Å². The summed E-state index contributed by atoms with van der Waals surface area (Å²) >= 11 is 0. The van der Waals surface area contributed by atoms with Crippen LogP contribution in [0.3, 0.4) is 0 Å². The molecule has 1 atom stereocenters. The lowest BCUT2D eigenvalue weighted by molar-refractivity contribution is 0.0267. The summed E-state index contributed by atoms with van der Waals surface area (Å²) in [5, 5.41) is 0. The van der Waals surface area contributed by atoms with Crippen molar-refractivity contribution < 1.29 is 23.9 Å². The number of unbranched alkanes of at least 4 members (excludes halogenated alkanes) is 2. The molecule has 0 aliphatic carbocycles. The third-order valence-corrected chi connectivity index (χ3v) is 3.74. The van der Waals surface area contributed by atoms with Gasteiger partial charge in [-0.15, -0.1) is 0 Å². The van der Waals surface area contributed by atoms with E-state index < -0.39 is 17.9 Å². The van der Waals surface area contributed by atoms with Crippen LogP contribution in [0.5, 0.6) is 0 Å². The Balaban J connectivity index is 2.05. The van der Waals surface area contributed by atoms with Gasteiger partial charge in [0, 0.05) is 0 Å². The van der Waals surface area contributed by atoms with Gasteiger partial charge in [0.1, 0.15) is 6.10 Å². The Hall–Kier alpha value is -2.17. The van der Waals surface area contributed by atoms with Crippen LogP contribution in [0.1, 0.15) is 77.0 Å². The first-order chi connectivity index (χ1) is 10.6. The Morgan fingerprint density at radius 1 is 1.14 bits per heavy atom. The van der Waals surface area contributed by atoms with Crippen LogP contribution in [0.2, 0.25) is 0 Å². The first-order valence-electron chi connectivity index (χ1n) is 7.68. The molecule has 22 heavy (non-hydrogen) atoms. The molecule has 1 aromatic carbocycles. The van der Waals surface area contributed by atoms with Crippen molar-refractivity contribution in [2.75, 3.05) is 0 Å². The van der Waals surface area contributed by atoms with Gasteiger partial charge in [0.05, 0.1) is 16.7 Å². The van der Waals surface area contributed by atoms with Crippen LogP contribution in [0.25, 0.3) is 0 Å². The van der Waals surface area contributed by atoms with Gasteiger partial charge in [-0.05, 0) is 37.5 Å². The highest BCUT2D eigenvalue weighted by Gasteiger charge is 2.30. The summed E-state index contributed by atoms with van der Waals surface area (Å²) in [7, 11) is 0. The van der Waals surface area contributed by atoms with Gasteiger partial charge in [-0.2, -0.15) is 0 Å². The second-order valence-electron chi connectivity index (χ2n) is 5.37. The number of carbonyl (C=O) groups is 3. The van der Waals surface area contributed by atoms with Gasteiger partial charge in [-0.3, -0.25) is 0 Å². The number of hydrogen-bond donors (Lipinski definition) is 0. The normalized spacial score (nSPS) is 14.5. The van der Waals surface area contributed by atoms with Gasteiger partial charge in [0.25, 0.3) is 0 Å².